The van der Waals surface area contributed by atoms with Crippen molar-refractivity contribution in [2.45, 2.75) is 106 Å². The number of fused-ring (bicyclic) bond motifs is 5. The summed E-state index contributed by atoms with van der Waals surface area (Å²) < 4.78 is 5.60. The summed E-state index contributed by atoms with van der Waals surface area (Å²) >= 11 is 0. The Morgan fingerprint density at radius 1 is 1.06 bits per heavy atom. The van der Waals surface area contributed by atoms with Crippen LogP contribution in [0.2, 0.25) is 0 Å². The Labute approximate surface area is 203 Å². The lowest BCUT2D eigenvalue weighted by Crippen LogP contribution is -2.46. The minimum Gasteiger partial charge on any atom is -0.462 e. The summed E-state index contributed by atoms with van der Waals surface area (Å²) in [4.78, 5) is 11.5. The number of hydrogen-bond donors (Lipinski definition) is 0. The maximum Gasteiger partial charge on any atom is 0.302 e. The molecule has 4 rings (SSSR count). The van der Waals surface area contributed by atoms with Gasteiger partial charge >= 0.3 is 5.97 Å². The largest absolute Gasteiger partial charge is 0.462 e. The zero-order chi connectivity index (χ0) is 24.0. The summed E-state index contributed by atoms with van der Waals surface area (Å²) in [6.07, 6.45) is 19.9. The molecule has 0 radical (unpaired) electrons. The van der Waals surface area contributed by atoms with E-state index in [0.717, 1.165) is 37.0 Å². The van der Waals surface area contributed by atoms with Gasteiger partial charge in [0.05, 0.1) is 0 Å². The molecule has 2 nitrogen and oxygen atoms in total. The van der Waals surface area contributed by atoms with Gasteiger partial charge in [-0.3, -0.25) is 4.79 Å². The van der Waals surface area contributed by atoms with E-state index in [4.69, 9.17) is 4.74 Å². The molecule has 0 aromatic heterocycles. The predicted octanol–water partition coefficient (Wildman–Crippen LogP) is 8.29. The van der Waals surface area contributed by atoms with E-state index in [-0.39, 0.29) is 17.5 Å². The lowest BCUT2D eigenvalue weighted by atomic mass is 9.50. The number of rotatable bonds is 6. The normalized spacial score (nSPS) is 39.9. The molecule has 2 heteroatoms. The first-order valence-electron chi connectivity index (χ1n) is 13.9. The van der Waals surface area contributed by atoms with Gasteiger partial charge in [0.15, 0.2) is 0 Å². The standard InChI is InChI=1S/C31H48O2/c1-8-23(20(2)3)10-9-21(4)27-13-14-28-26-12-11-24-19-25(33-22(5)32)15-17-30(24,6)29(26)16-18-31(27,28)7/h9-12,20-21,23,25,27-29H,8,13-19H2,1-7H3/b10-9+. The Balaban J connectivity index is 1.53. The second-order valence-corrected chi connectivity index (χ2v) is 12.6. The number of hydrogen-bond acceptors (Lipinski definition) is 2. The van der Waals surface area contributed by atoms with Gasteiger partial charge in [0, 0.05) is 13.3 Å². The number of esters is 1. The van der Waals surface area contributed by atoms with Gasteiger partial charge in [-0.25, -0.2) is 0 Å². The van der Waals surface area contributed by atoms with Crippen molar-refractivity contribution in [3.05, 3.63) is 35.5 Å². The summed E-state index contributed by atoms with van der Waals surface area (Å²) in [5.74, 6) is 4.18. The van der Waals surface area contributed by atoms with Crippen LogP contribution in [0.5, 0.6) is 0 Å². The molecule has 0 aliphatic heterocycles. The van der Waals surface area contributed by atoms with E-state index in [1.165, 1.54) is 37.7 Å². The van der Waals surface area contributed by atoms with Crippen molar-refractivity contribution in [3.8, 4) is 0 Å². The molecule has 0 aromatic carbocycles. The molecule has 184 valence electrons. The summed E-state index contributed by atoms with van der Waals surface area (Å²) in [6, 6.07) is 0. The minimum absolute atomic E-state index is 0.0758. The van der Waals surface area contributed by atoms with Gasteiger partial charge in [-0.05, 0) is 91.3 Å². The van der Waals surface area contributed by atoms with Crippen molar-refractivity contribution in [1.82, 2.24) is 0 Å². The average molecular weight is 453 g/mol. The molecular formula is C31H48O2. The van der Waals surface area contributed by atoms with Crippen LogP contribution in [0.4, 0.5) is 0 Å². The lowest BCUT2D eigenvalue weighted by Gasteiger charge is -2.55. The first kappa shape index (κ1) is 24.8. The van der Waals surface area contributed by atoms with Crippen LogP contribution in [0.1, 0.15) is 99.8 Å². The van der Waals surface area contributed by atoms with Crippen molar-refractivity contribution < 1.29 is 9.53 Å². The van der Waals surface area contributed by atoms with Crippen molar-refractivity contribution in [1.29, 1.82) is 0 Å². The van der Waals surface area contributed by atoms with Gasteiger partial charge in [0.25, 0.3) is 0 Å². The predicted molar refractivity (Wildman–Crippen MR) is 138 cm³/mol. The highest BCUT2D eigenvalue weighted by Gasteiger charge is 2.56. The van der Waals surface area contributed by atoms with Gasteiger partial charge in [-0.1, -0.05) is 77.0 Å². The molecule has 0 saturated heterocycles. The zero-order valence-corrected chi connectivity index (χ0v) is 22.3. The van der Waals surface area contributed by atoms with Crippen LogP contribution in [-0.2, 0) is 9.53 Å². The molecule has 4 aliphatic carbocycles. The highest BCUT2D eigenvalue weighted by Crippen LogP contribution is 2.66. The van der Waals surface area contributed by atoms with Gasteiger partial charge in [-0.15, -0.1) is 0 Å². The van der Waals surface area contributed by atoms with Crippen molar-refractivity contribution >= 4 is 5.97 Å². The molecule has 0 amide bonds. The van der Waals surface area contributed by atoms with Crippen LogP contribution in [0.15, 0.2) is 35.5 Å². The Morgan fingerprint density at radius 2 is 1.82 bits per heavy atom. The second-order valence-electron chi connectivity index (χ2n) is 12.6. The fourth-order valence-corrected chi connectivity index (χ4v) is 8.49. The average Bonchev–Trinajstić information content (AvgIpc) is 3.11. The van der Waals surface area contributed by atoms with E-state index in [1.807, 2.05) is 0 Å². The SMILES string of the molecule is CCC(/C=C/C(C)C1CCC2C3=CC=C4CC(OC(C)=O)CCC4(C)C3CCC21C)C(C)C. The molecule has 3 saturated carbocycles. The van der Waals surface area contributed by atoms with Crippen LogP contribution >= 0.6 is 0 Å². The third-order valence-corrected chi connectivity index (χ3v) is 10.6. The van der Waals surface area contributed by atoms with Gasteiger partial charge in [0.1, 0.15) is 6.10 Å². The van der Waals surface area contributed by atoms with Gasteiger partial charge in [0.2, 0.25) is 0 Å². The number of allylic oxidation sites excluding steroid dienone is 5. The topological polar surface area (TPSA) is 26.3 Å². The van der Waals surface area contributed by atoms with Crippen LogP contribution in [-0.4, -0.2) is 12.1 Å². The summed E-state index contributed by atoms with van der Waals surface area (Å²) in [6.45, 7) is 16.2. The fraction of sp³-hybridized carbons (Fsp3) is 0.774. The maximum absolute atomic E-state index is 11.5. The summed E-state index contributed by atoms with van der Waals surface area (Å²) in [5.41, 5.74) is 3.98. The highest BCUT2D eigenvalue weighted by atomic mass is 16.5. The lowest BCUT2D eigenvalue weighted by molar-refractivity contribution is -0.148. The van der Waals surface area contributed by atoms with Crippen molar-refractivity contribution in [2.75, 3.05) is 0 Å². The minimum atomic E-state index is -0.136. The zero-order valence-electron chi connectivity index (χ0n) is 22.3. The van der Waals surface area contributed by atoms with E-state index in [2.05, 4.69) is 65.8 Å². The van der Waals surface area contributed by atoms with E-state index < -0.39 is 0 Å². The van der Waals surface area contributed by atoms with E-state index in [9.17, 15) is 4.79 Å². The van der Waals surface area contributed by atoms with Crippen LogP contribution in [0, 0.1) is 46.3 Å². The molecule has 3 fully saturated rings. The van der Waals surface area contributed by atoms with Crippen LogP contribution in [0.3, 0.4) is 0 Å². The third kappa shape index (κ3) is 4.41. The van der Waals surface area contributed by atoms with E-state index in [0.29, 0.717) is 23.2 Å². The number of carbonyl (C=O) groups is 1. The van der Waals surface area contributed by atoms with E-state index >= 15 is 0 Å². The number of carbonyl (C=O) groups excluding carboxylic acids is 1. The van der Waals surface area contributed by atoms with E-state index in [1.54, 1.807) is 12.5 Å². The quantitative estimate of drug-likeness (QED) is 0.299. The molecule has 33 heavy (non-hydrogen) atoms. The molecule has 0 heterocycles. The third-order valence-electron chi connectivity index (χ3n) is 10.6. The first-order valence-corrected chi connectivity index (χ1v) is 13.9. The number of ether oxygens (including phenoxy) is 1. The molecule has 0 aromatic rings. The molecule has 4 aliphatic rings. The fourth-order valence-electron chi connectivity index (χ4n) is 8.49. The first-order chi connectivity index (χ1) is 15.6. The second kappa shape index (κ2) is 9.38. The van der Waals surface area contributed by atoms with Crippen LogP contribution < -0.4 is 0 Å². The van der Waals surface area contributed by atoms with Crippen molar-refractivity contribution in [3.63, 3.8) is 0 Å². The molecule has 0 spiro atoms. The Bertz CT molecular complexity index is 832. The smallest absolute Gasteiger partial charge is 0.302 e. The molecule has 8 unspecified atom stereocenters. The van der Waals surface area contributed by atoms with Gasteiger partial charge < -0.3 is 4.74 Å². The molecular weight excluding hydrogens is 404 g/mol. The summed E-state index contributed by atoms with van der Waals surface area (Å²) in [5, 5.41) is 0. The summed E-state index contributed by atoms with van der Waals surface area (Å²) in [7, 11) is 0. The Hall–Kier alpha value is -1.31. The van der Waals surface area contributed by atoms with Crippen molar-refractivity contribution in [2.24, 2.45) is 46.3 Å². The van der Waals surface area contributed by atoms with Crippen LogP contribution in [0.25, 0.3) is 0 Å². The molecule has 0 bridgehead atoms. The monoisotopic (exact) mass is 452 g/mol. The highest BCUT2D eigenvalue weighted by molar-refractivity contribution is 5.66. The van der Waals surface area contributed by atoms with Gasteiger partial charge in [-0.2, -0.15) is 0 Å². The molecule has 8 atom stereocenters. The maximum atomic E-state index is 11.5. The Kier molecular flexibility index (Phi) is 7.05. The molecule has 0 N–H and O–H groups in total. The Morgan fingerprint density at radius 3 is 2.48 bits per heavy atom.